The van der Waals surface area contributed by atoms with Crippen molar-refractivity contribution in [1.29, 1.82) is 0 Å². The molecule has 0 aromatic heterocycles. The Balaban J connectivity index is 2.22. The minimum atomic E-state index is -0.411. The lowest BCUT2D eigenvalue weighted by Gasteiger charge is -2.35. The maximum Gasteiger partial charge on any atom is 0.308 e. The van der Waals surface area contributed by atoms with Gasteiger partial charge in [0, 0.05) is 20.0 Å². The number of carbonyl (C=O) groups is 2. The third kappa shape index (κ3) is 3.38. The summed E-state index contributed by atoms with van der Waals surface area (Å²) in [6.45, 7) is 7.18. The highest BCUT2D eigenvalue weighted by atomic mass is 16.5. The second-order valence-electron chi connectivity index (χ2n) is 5.75. The molecule has 2 atom stereocenters. The number of esters is 1. The molecule has 0 bridgehead atoms. The average molecular weight is 275 g/mol. The number of hydrogen-bond donors (Lipinski definition) is 0. The van der Waals surface area contributed by atoms with Gasteiger partial charge in [-0.2, -0.15) is 0 Å². The van der Waals surface area contributed by atoms with E-state index in [-0.39, 0.29) is 5.91 Å². The van der Waals surface area contributed by atoms with Crippen molar-refractivity contribution in [3.63, 3.8) is 0 Å². The summed E-state index contributed by atoms with van der Waals surface area (Å²) < 4.78 is 5.12. The lowest BCUT2D eigenvalue weighted by atomic mass is 9.91. The first kappa shape index (κ1) is 14.6. The molecule has 108 valence electrons. The lowest BCUT2D eigenvalue weighted by Crippen LogP contribution is -2.42. The average Bonchev–Trinajstić information content (AvgIpc) is 2.36. The van der Waals surface area contributed by atoms with Gasteiger partial charge in [0.1, 0.15) is 5.75 Å². The molecular weight excluding hydrogens is 254 g/mol. The number of piperidine rings is 1. The minimum Gasteiger partial charge on any atom is -0.426 e. The molecule has 20 heavy (non-hydrogen) atoms. The molecule has 0 N–H and O–H groups in total. The lowest BCUT2D eigenvalue weighted by molar-refractivity contribution is -0.131. The molecule has 1 fully saturated rings. The summed E-state index contributed by atoms with van der Waals surface area (Å²) in [6, 6.07) is 6.92. The highest BCUT2D eigenvalue weighted by molar-refractivity contribution is 5.97. The Morgan fingerprint density at radius 2 is 1.75 bits per heavy atom. The zero-order valence-corrected chi connectivity index (χ0v) is 12.3. The van der Waals surface area contributed by atoms with Gasteiger partial charge in [0.25, 0.3) is 5.91 Å². The van der Waals surface area contributed by atoms with E-state index in [9.17, 15) is 9.59 Å². The number of ether oxygens (including phenoxy) is 1. The largest absolute Gasteiger partial charge is 0.426 e. The van der Waals surface area contributed by atoms with Crippen LogP contribution in [0.5, 0.6) is 5.75 Å². The van der Waals surface area contributed by atoms with Gasteiger partial charge in [-0.25, -0.2) is 0 Å². The summed E-state index contributed by atoms with van der Waals surface area (Å²) in [4.78, 5) is 25.6. The molecule has 1 saturated heterocycles. The fourth-order valence-electron chi connectivity index (χ4n) is 2.89. The van der Waals surface area contributed by atoms with Crippen LogP contribution in [0.3, 0.4) is 0 Å². The SMILES string of the molecule is CC(=O)Oc1ccccc1C(=O)N1C[C@H](C)C[C@@H](C)C1. The number of amides is 1. The van der Waals surface area contributed by atoms with Crippen LogP contribution in [0.1, 0.15) is 37.6 Å². The van der Waals surface area contributed by atoms with Crippen molar-refractivity contribution in [3.05, 3.63) is 29.8 Å². The van der Waals surface area contributed by atoms with Crippen molar-refractivity contribution in [2.24, 2.45) is 11.8 Å². The number of carbonyl (C=O) groups excluding carboxylic acids is 2. The molecule has 0 unspecified atom stereocenters. The topological polar surface area (TPSA) is 46.6 Å². The molecule has 0 aliphatic carbocycles. The third-order valence-corrected chi connectivity index (χ3v) is 3.53. The van der Waals surface area contributed by atoms with Crippen LogP contribution in [0.2, 0.25) is 0 Å². The molecule has 0 saturated carbocycles. The maximum atomic E-state index is 12.6. The van der Waals surface area contributed by atoms with E-state index in [4.69, 9.17) is 4.74 Å². The summed E-state index contributed by atoms with van der Waals surface area (Å²) in [7, 11) is 0. The van der Waals surface area contributed by atoms with E-state index in [0.29, 0.717) is 23.1 Å². The molecule has 4 nitrogen and oxygen atoms in total. The quantitative estimate of drug-likeness (QED) is 0.616. The van der Waals surface area contributed by atoms with Crippen LogP contribution >= 0.6 is 0 Å². The van der Waals surface area contributed by atoms with Crippen LogP contribution in [0.15, 0.2) is 24.3 Å². The third-order valence-electron chi connectivity index (χ3n) is 3.53. The Labute approximate surface area is 119 Å². The Morgan fingerprint density at radius 3 is 2.35 bits per heavy atom. The van der Waals surface area contributed by atoms with Gasteiger partial charge in [0.05, 0.1) is 5.56 Å². The van der Waals surface area contributed by atoms with Gasteiger partial charge in [0.15, 0.2) is 0 Å². The summed E-state index contributed by atoms with van der Waals surface area (Å²) in [6.07, 6.45) is 1.15. The van der Waals surface area contributed by atoms with Crippen molar-refractivity contribution in [2.45, 2.75) is 27.2 Å². The number of nitrogens with zero attached hydrogens (tertiary/aromatic N) is 1. The number of para-hydroxylation sites is 1. The van der Waals surface area contributed by atoms with Gasteiger partial charge in [-0.15, -0.1) is 0 Å². The van der Waals surface area contributed by atoms with E-state index in [2.05, 4.69) is 13.8 Å². The zero-order valence-electron chi connectivity index (χ0n) is 12.3. The van der Waals surface area contributed by atoms with Crippen molar-refractivity contribution < 1.29 is 14.3 Å². The van der Waals surface area contributed by atoms with E-state index in [1.807, 2.05) is 4.90 Å². The molecular formula is C16H21NO3. The van der Waals surface area contributed by atoms with Crippen molar-refractivity contribution in [1.82, 2.24) is 4.90 Å². The predicted molar refractivity (Wildman–Crippen MR) is 76.6 cm³/mol. The fourth-order valence-corrected chi connectivity index (χ4v) is 2.89. The predicted octanol–water partition coefficient (Wildman–Crippen LogP) is 2.73. The molecule has 1 heterocycles. The van der Waals surface area contributed by atoms with E-state index in [1.54, 1.807) is 24.3 Å². The van der Waals surface area contributed by atoms with Crippen LogP contribution in [-0.4, -0.2) is 29.9 Å². The van der Waals surface area contributed by atoms with E-state index >= 15 is 0 Å². The van der Waals surface area contributed by atoms with E-state index in [1.165, 1.54) is 6.92 Å². The maximum absolute atomic E-state index is 12.6. The van der Waals surface area contributed by atoms with Crippen LogP contribution < -0.4 is 4.74 Å². The Kier molecular flexibility index (Phi) is 4.42. The molecule has 0 spiro atoms. The molecule has 4 heteroatoms. The summed E-state index contributed by atoms with van der Waals surface area (Å²) in [5.74, 6) is 0.883. The second kappa shape index (κ2) is 6.07. The molecule has 1 amide bonds. The first-order chi connectivity index (χ1) is 9.47. The first-order valence-corrected chi connectivity index (χ1v) is 7.04. The van der Waals surface area contributed by atoms with Gasteiger partial charge in [-0.05, 0) is 30.4 Å². The second-order valence-corrected chi connectivity index (χ2v) is 5.75. The normalized spacial score (nSPS) is 22.4. The number of likely N-dealkylation sites (tertiary alicyclic amines) is 1. The number of rotatable bonds is 2. The van der Waals surface area contributed by atoms with Crippen LogP contribution in [-0.2, 0) is 4.79 Å². The van der Waals surface area contributed by atoms with Crippen molar-refractivity contribution >= 4 is 11.9 Å². The molecule has 1 aliphatic heterocycles. The van der Waals surface area contributed by atoms with Crippen LogP contribution in [0.4, 0.5) is 0 Å². The monoisotopic (exact) mass is 275 g/mol. The van der Waals surface area contributed by atoms with Gasteiger partial charge in [0.2, 0.25) is 0 Å². The van der Waals surface area contributed by atoms with Gasteiger partial charge < -0.3 is 9.64 Å². The smallest absolute Gasteiger partial charge is 0.308 e. The highest BCUT2D eigenvalue weighted by Gasteiger charge is 2.27. The Morgan fingerprint density at radius 1 is 1.15 bits per heavy atom. The first-order valence-electron chi connectivity index (χ1n) is 7.04. The fraction of sp³-hybridized carbons (Fsp3) is 0.500. The summed E-state index contributed by atoms with van der Waals surface area (Å²) in [5.41, 5.74) is 0.462. The standard InChI is InChI=1S/C16H21NO3/c1-11-8-12(2)10-17(9-11)16(19)14-6-4-5-7-15(14)20-13(3)18/h4-7,11-12H,8-10H2,1-3H3/t11-,12-/m1/s1. The van der Waals surface area contributed by atoms with Gasteiger partial charge >= 0.3 is 5.97 Å². The molecule has 1 aromatic rings. The van der Waals surface area contributed by atoms with Gasteiger partial charge in [-0.1, -0.05) is 26.0 Å². The zero-order chi connectivity index (χ0) is 14.7. The summed E-state index contributed by atoms with van der Waals surface area (Å²) in [5, 5.41) is 0. The number of benzene rings is 1. The van der Waals surface area contributed by atoms with Crippen LogP contribution in [0.25, 0.3) is 0 Å². The molecule has 1 aliphatic rings. The Bertz CT molecular complexity index is 502. The van der Waals surface area contributed by atoms with Crippen molar-refractivity contribution in [3.8, 4) is 5.75 Å². The van der Waals surface area contributed by atoms with E-state index < -0.39 is 5.97 Å². The highest BCUT2D eigenvalue weighted by Crippen LogP contribution is 2.25. The minimum absolute atomic E-state index is 0.0553. The molecule has 1 aromatic carbocycles. The summed E-state index contributed by atoms with van der Waals surface area (Å²) >= 11 is 0. The van der Waals surface area contributed by atoms with Gasteiger partial charge in [-0.3, -0.25) is 9.59 Å². The van der Waals surface area contributed by atoms with Crippen molar-refractivity contribution in [2.75, 3.05) is 13.1 Å². The molecule has 2 rings (SSSR count). The van der Waals surface area contributed by atoms with Crippen LogP contribution in [0, 0.1) is 11.8 Å². The molecule has 0 radical (unpaired) electrons. The Hall–Kier alpha value is -1.84. The number of hydrogen-bond acceptors (Lipinski definition) is 3. The van der Waals surface area contributed by atoms with E-state index in [0.717, 1.165) is 19.5 Å².